The molecule has 2 aliphatic heterocycles. The Kier molecular flexibility index (Phi) is 4.06. The SMILES string of the molecule is COc1cccc2c1C1(CCN(C(=O)c3ccsc3)CC1)OCC2. The quantitative estimate of drug-likeness (QED) is 0.838. The fourth-order valence-corrected chi connectivity index (χ4v) is 4.56. The molecule has 1 spiro atoms. The summed E-state index contributed by atoms with van der Waals surface area (Å²) in [4.78, 5) is 14.5. The van der Waals surface area contributed by atoms with Gasteiger partial charge in [0.1, 0.15) is 11.4 Å². The van der Waals surface area contributed by atoms with Crippen LogP contribution < -0.4 is 4.74 Å². The first-order chi connectivity index (χ1) is 11.7. The van der Waals surface area contributed by atoms with E-state index in [-0.39, 0.29) is 11.5 Å². The first-order valence-electron chi connectivity index (χ1n) is 8.35. The average molecular weight is 343 g/mol. The number of rotatable bonds is 2. The summed E-state index contributed by atoms with van der Waals surface area (Å²) < 4.78 is 11.9. The maximum atomic E-state index is 12.6. The van der Waals surface area contributed by atoms with Crippen molar-refractivity contribution in [1.82, 2.24) is 4.90 Å². The highest BCUT2D eigenvalue weighted by molar-refractivity contribution is 7.08. The normalized spacial score (nSPS) is 19.1. The number of carbonyl (C=O) groups excluding carboxylic acids is 1. The molecule has 1 aromatic heterocycles. The Labute approximate surface area is 146 Å². The first kappa shape index (κ1) is 15.7. The van der Waals surface area contributed by atoms with Crippen LogP contribution in [0.1, 0.15) is 34.3 Å². The minimum atomic E-state index is -0.314. The van der Waals surface area contributed by atoms with Gasteiger partial charge >= 0.3 is 0 Å². The van der Waals surface area contributed by atoms with Crippen LogP contribution in [0.3, 0.4) is 0 Å². The number of likely N-dealkylation sites (tertiary alicyclic amines) is 1. The summed E-state index contributed by atoms with van der Waals surface area (Å²) in [5.41, 5.74) is 2.99. The molecule has 1 amide bonds. The van der Waals surface area contributed by atoms with Crippen molar-refractivity contribution >= 4 is 17.2 Å². The van der Waals surface area contributed by atoms with E-state index in [4.69, 9.17) is 9.47 Å². The molecule has 4 rings (SSSR count). The second-order valence-electron chi connectivity index (χ2n) is 6.39. The van der Waals surface area contributed by atoms with Gasteiger partial charge in [-0.3, -0.25) is 4.79 Å². The summed E-state index contributed by atoms with van der Waals surface area (Å²) in [6.07, 6.45) is 2.55. The van der Waals surface area contributed by atoms with Crippen LogP contribution in [0.2, 0.25) is 0 Å². The lowest BCUT2D eigenvalue weighted by molar-refractivity contribution is -0.0946. The van der Waals surface area contributed by atoms with Crippen molar-refractivity contribution in [3.63, 3.8) is 0 Å². The third kappa shape index (κ3) is 2.52. The molecule has 0 radical (unpaired) electrons. The van der Waals surface area contributed by atoms with Crippen molar-refractivity contribution in [1.29, 1.82) is 0 Å². The number of piperidine rings is 1. The Bertz CT molecular complexity index is 719. The van der Waals surface area contributed by atoms with Crippen LogP contribution in [-0.4, -0.2) is 37.6 Å². The number of ether oxygens (including phenoxy) is 2. The molecule has 0 unspecified atom stereocenters. The van der Waals surface area contributed by atoms with Gasteiger partial charge in [0.15, 0.2) is 0 Å². The highest BCUT2D eigenvalue weighted by Crippen LogP contribution is 2.45. The van der Waals surface area contributed by atoms with E-state index >= 15 is 0 Å². The fourth-order valence-electron chi connectivity index (χ4n) is 3.93. The Balaban J connectivity index is 1.59. The van der Waals surface area contributed by atoms with Gasteiger partial charge in [-0.25, -0.2) is 0 Å². The molecule has 126 valence electrons. The van der Waals surface area contributed by atoms with E-state index in [2.05, 4.69) is 6.07 Å². The van der Waals surface area contributed by atoms with E-state index in [0.717, 1.165) is 37.2 Å². The van der Waals surface area contributed by atoms with Crippen molar-refractivity contribution < 1.29 is 14.3 Å². The molecule has 1 fully saturated rings. The van der Waals surface area contributed by atoms with Gasteiger partial charge in [-0.15, -0.1) is 0 Å². The highest BCUT2D eigenvalue weighted by Gasteiger charge is 2.43. The molecular formula is C19H21NO3S. The predicted octanol–water partition coefficient (Wildman–Crippen LogP) is 3.46. The van der Waals surface area contributed by atoms with Crippen molar-refractivity contribution in [3.8, 4) is 5.75 Å². The van der Waals surface area contributed by atoms with Gasteiger partial charge in [-0.1, -0.05) is 12.1 Å². The van der Waals surface area contributed by atoms with Gasteiger partial charge in [0.2, 0.25) is 0 Å². The number of fused-ring (bicyclic) bond motifs is 2. The van der Waals surface area contributed by atoms with Crippen molar-refractivity contribution in [3.05, 3.63) is 51.7 Å². The van der Waals surface area contributed by atoms with Crippen molar-refractivity contribution in [2.24, 2.45) is 0 Å². The lowest BCUT2D eigenvalue weighted by Gasteiger charge is -2.45. The Morgan fingerprint density at radius 3 is 2.83 bits per heavy atom. The number of amides is 1. The summed E-state index contributed by atoms with van der Waals surface area (Å²) in [7, 11) is 1.72. The van der Waals surface area contributed by atoms with Crippen molar-refractivity contribution in [2.75, 3.05) is 26.8 Å². The zero-order chi connectivity index (χ0) is 16.6. The van der Waals surface area contributed by atoms with E-state index in [1.807, 2.05) is 33.9 Å². The minimum Gasteiger partial charge on any atom is -0.496 e. The van der Waals surface area contributed by atoms with Gasteiger partial charge in [-0.05, 0) is 42.3 Å². The number of hydrogen-bond acceptors (Lipinski definition) is 4. The number of carbonyl (C=O) groups is 1. The molecule has 0 bridgehead atoms. The summed E-state index contributed by atoms with van der Waals surface area (Å²) in [6.45, 7) is 2.16. The Morgan fingerprint density at radius 1 is 1.29 bits per heavy atom. The topological polar surface area (TPSA) is 38.8 Å². The standard InChI is InChI=1S/C19H21NO3S/c1-22-16-4-2-3-14-5-11-23-19(17(14)16)7-9-20(10-8-19)18(21)15-6-12-24-13-15/h2-4,6,12-13H,5,7-11H2,1H3. The average Bonchev–Trinajstić information content (AvgIpc) is 3.16. The molecule has 24 heavy (non-hydrogen) atoms. The second kappa shape index (κ2) is 6.22. The Hall–Kier alpha value is -1.85. The third-order valence-electron chi connectivity index (χ3n) is 5.16. The van der Waals surface area contributed by atoms with E-state index in [0.29, 0.717) is 13.1 Å². The maximum Gasteiger partial charge on any atom is 0.254 e. The number of hydrogen-bond donors (Lipinski definition) is 0. The molecule has 0 atom stereocenters. The molecule has 2 aliphatic rings. The minimum absolute atomic E-state index is 0.127. The summed E-state index contributed by atoms with van der Waals surface area (Å²) in [5, 5.41) is 3.87. The van der Waals surface area contributed by atoms with Gasteiger partial charge in [0, 0.05) is 24.0 Å². The molecule has 0 aliphatic carbocycles. The van der Waals surface area contributed by atoms with Gasteiger partial charge < -0.3 is 14.4 Å². The van der Waals surface area contributed by atoms with Crippen LogP contribution in [0.4, 0.5) is 0 Å². The molecule has 3 heterocycles. The molecule has 1 aromatic carbocycles. The lowest BCUT2D eigenvalue weighted by Crippen LogP contribution is -2.48. The van der Waals surface area contributed by atoms with Crippen LogP contribution in [0.25, 0.3) is 0 Å². The molecule has 4 nitrogen and oxygen atoms in total. The summed E-state index contributed by atoms with van der Waals surface area (Å²) in [6, 6.07) is 8.13. The molecule has 1 saturated heterocycles. The van der Waals surface area contributed by atoms with Crippen molar-refractivity contribution in [2.45, 2.75) is 24.9 Å². The maximum absolute atomic E-state index is 12.6. The van der Waals surface area contributed by atoms with Crippen LogP contribution in [0.5, 0.6) is 5.75 Å². The molecule has 0 saturated carbocycles. The zero-order valence-corrected chi connectivity index (χ0v) is 14.6. The first-order valence-corrected chi connectivity index (χ1v) is 9.29. The molecule has 0 N–H and O–H groups in total. The number of thiophene rings is 1. The van der Waals surface area contributed by atoms with Crippen LogP contribution in [-0.2, 0) is 16.8 Å². The van der Waals surface area contributed by atoms with Gasteiger partial charge in [0.05, 0.1) is 19.3 Å². The van der Waals surface area contributed by atoms with Crippen LogP contribution in [0, 0.1) is 0 Å². The number of methoxy groups -OCH3 is 1. The van der Waals surface area contributed by atoms with Crippen LogP contribution in [0.15, 0.2) is 35.0 Å². The zero-order valence-electron chi connectivity index (χ0n) is 13.8. The number of benzene rings is 1. The van der Waals surface area contributed by atoms with Gasteiger partial charge in [-0.2, -0.15) is 11.3 Å². The van der Waals surface area contributed by atoms with E-state index in [1.165, 1.54) is 11.1 Å². The number of nitrogens with zero attached hydrogens (tertiary/aromatic N) is 1. The Morgan fingerprint density at radius 2 is 2.12 bits per heavy atom. The smallest absolute Gasteiger partial charge is 0.254 e. The van der Waals surface area contributed by atoms with E-state index < -0.39 is 0 Å². The predicted molar refractivity (Wildman–Crippen MR) is 93.8 cm³/mol. The molecule has 2 aromatic rings. The van der Waals surface area contributed by atoms with Gasteiger partial charge in [0.25, 0.3) is 5.91 Å². The fraction of sp³-hybridized carbons (Fsp3) is 0.421. The molecular weight excluding hydrogens is 322 g/mol. The highest BCUT2D eigenvalue weighted by atomic mass is 32.1. The van der Waals surface area contributed by atoms with E-state index in [9.17, 15) is 4.79 Å². The summed E-state index contributed by atoms with van der Waals surface area (Å²) >= 11 is 1.56. The summed E-state index contributed by atoms with van der Waals surface area (Å²) in [5.74, 6) is 1.03. The van der Waals surface area contributed by atoms with Crippen LogP contribution >= 0.6 is 11.3 Å². The largest absolute Gasteiger partial charge is 0.496 e. The third-order valence-corrected chi connectivity index (χ3v) is 5.85. The van der Waals surface area contributed by atoms with E-state index in [1.54, 1.807) is 18.4 Å². The molecule has 5 heteroatoms. The monoisotopic (exact) mass is 343 g/mol. The lowest BCUT2D eigenvalue weighted by atomic mass is 9.78. The second-order valence-corrected chi connectivity index (χ2v) is 7.17.